The molecule has 1 atom stereocenters. The van der Waals surface area contributed by atoms with Crippen molar-refractivity contribution in [2.24, 2.45) is 5.92 Å². The number of benzene rings is 1. The highest BCUT2D eigenvalue weighted by atomic mass is 19.4. The molecule has 0 spiro atoms. The molecule has 20 heavy (non-hydrogen) atoms. The Hall–Kier alpha value is -1.74. The highest BCUT2D eigenvalue weighted by molar-refractivity contribution is 5.55. The van der Waals surface area contributed by atoms with Gasteiger partial charge in [0.1, 0.15) is 0 Å². The van der Waals surface area contributed by atoms with Gasteiger partial charge in [-0.05, 0) is 37.0 Å². The predicted molar refractivity (Wildman–Crippen MR) is 68.2 cm³/mol. The van der Waals surface area contributed by atoms with Gasteiger partial charge in [-0.15, -0.1) is 0 Å². The van der Waals surface area contributed by atoms with Crippen LogP contribution >= 0.6 is 0 Å². The number of aliphatic hydroxyl groups excluding tert-OH is 1. The van der Waals surface area contributed by atoms with E-state index in [1.54, 1.807) is 12.1 Å². The highest BCUT2D eigenvalue weighted by Gasteiger charge is 2.34. The maximum absolute atomic E-state index is 12.9. The van der Waals surface area contributed by atoms with E-state index in [4.69, 9.17) is 10.4 Å². The Balaban J connectivity index is 2.25. The first-order valence-electron chi connectivity index (χ1n) is 6.43. The first kappa shape index (κ1) is 14.7. The molecule has 1 heterocycles. The first-order valence-corrected chi connectivity index (χ1v) is 6.43. The Labute approximate surface area is 115 Å². The Bertz CT molecular complexity index is 522. The first-order chi connectivity index (χ1) is 9.45. The fourth-order valence-electron chi connectivity index (χ4n) is 2.55. The van der Waals surface area contributed by atoms with Crippen molar-refractivity contribution in [2.75, 3.05) is 24.6 Å². The van der Waals surface area contributed by atoms with Crippen molar-refractivity contribution in [3.63, 3.8) is 0 Å². The molecule has 0 amide bonds. The molecule has 1 aliphatic heterocycles. The van der Waals surface area contributed by atoms with E-state index in [0.29, 0.717) is 31.1 Å². The Kier molecular flexibility index (Phi) is 4.19. The molecular weight excluding hydrogens is 269 g/mol. The van der Waals surface area contributed by atoms with Crippen molar-refractivity contribution >= 4 is 5.69 Å². The Morgan fingerprint density at radius 1 is 1.40 bits per heavy atom. The second-order valence-electron chi connectivity index (χ2n) is 4.95. The number of hydrogen-bond acceptors (Lipinski definition) is 3. The van der Waals surface area contributed by atoms with Crippen LogP contribution in [0.2, 0.25) is 0 Å². The standard InChI is InChI=1S/C14H15F3N2O/c15-14(16,17)13-7-12(2-1-11(13)8-18)19-5-3-10(9-19)4-6-20/h1-2,7,10,20H,3-6,9H2/t10-/m0/s1. The lowest BCUT2D eigenvalue weighted by molar-refractivity contribution is -0.137. The average Bonchev–Trinajstić information content (AvgIpc) is 2.86. The lowest BCUT2D eigenvalue weighted by Crippen LogP contribution is -2.21. The number of alkyl halides is 3. The number of nitrogens with zero attached hydrogens (tertiary/aromatic N) is 2. The zero-order chi connectivity index (χ0) is 14.8. The zero-order valence-electron chi connectivity index (χ0n) is 10.8. The predicted octanol–water partition coefficient (Wildman–Crippen LogP) is 2.79. The molecule has 1 saturated heterocycles. The molecule has 1 aromatic rings. The van der Waals surface area contributed by atoms with E-state index in [-0.39, 0.29) is 12.2 Å². The molecule has 0 aliphatic carbocycles. The van der Waals surface area contributed by atoms with Crippen molar-refractivity contribution in [1.82, 2.24) is 0 Å². The molecule has 2 rings (SSSR count). The normalized spacial score (nSPS) is 19.1. The molecule has 0 saturated carbocycles. The van der Waals surface area contributed by atoms with Crippen LogP contribution in [0.1, 0.15) is 24.0 Å². The summed E-state index contributed by atoms with van der Waals surface area (Å²) in [7, 11) is 0. The maximum atomic E-state index is 12.9. The molecule has 3 nitrogen and oxygen atoms in total. The number of halogens is 3. The number of hydrogen-bond donors (Lipinski definition) is 1. The third-order valence-electron chi connectivity index (χ3n) is 3.62. The van der Waals surface area contributed by atoms with Crippen molar-refractivity contribution in [3.05, 3.63) is 29.3 Å². The average molecular weight is 284 g/mol. The van der Waals surface area contributed by atoms with Gasteiger partial charge in [-0.1, -0.05) is 0 Å². The second kappa shape index (κ2) is 5.71. The van der Waals surface area contributed by atoms with Gasteiger partial charge >= 0.3 is 6.18 Å². The smallest absolute Gasteiger partial charge is 0.396 e. The summed E-state index contributed by atoms with van der Waals surface area (Å²) in [6.07, 6.45) is -2.99. The van der Waals surface area contributed by atoms with Crippen LogP contribution in [0.5, 0.6) is 0 Å². The molecule has 0 aromatic heterocycles. The van der Waals surface area contributed by atoms with Crippen molar-refractivity contribution < 1.29 is 18.3 Å². The summed E-state index contributed by atoms with van der Waals surface area (Å²) in [5, 5.41) is 17.7. The zero-order valence-corrected chi connectivity index (χ0v) is 10.8. The number of aliphatic hydroxyl groups is 1. The van der Waals surface area contributed by atoms with Crippen LogP contribution in [0, 0.1) is 17.2 Å². The fourth-order valence-corrected chi connectivity index (χ4v) is 2.55. The molecule has 6 heteroatoms. The monoisotopic (exact) mass is 284 g/mol. The maximum Gasteiger partial charge on any atom is 0.417 e. The lowest BCUT2D eigenvalue weighted by atomic mass is 10.1. The van der Waals surface area contributed by atoms with Crippen molar-refractivity contribution in [3.8, 4) is 6.07 Å². The second-order valence-corrected chi connectivity index (χ2v) is 4.95. The summed E-state index contributed by atoms with van der Waals surface area (Å²) in [4.78, 5) is 1.87. The van der Waals surface area contributed by atoms with Crippen LogP contribution < -0.4 is 4.90 Å². The minimum atomic E-state index is -4.52. The van der Waals surface area contributed by atoms with Gasteiger partial charge in [0.15, 0.2) is 0 Å². The van der Waals surface area contributed by atoms with Gasteiger partial charge in [0.2, 0.25) is 0 Å². The molecular formula is C14H15F3N2O. The molecule has 1 aromatic carbocycles. The molecule has 0 unspecified atom stereocenters. The van der Waals surface area contributed by atoms with Crippen LogP contribution in [0.3, 0.4) is 0 Å². The molecule has 0 radical (unpaired) electrons. The van der Waals surface area contributed by atoms with Gasteiger partial charge in [-0.25, -0.2) is 0 Å². The molecule has 108 valence electrons. The van der Waals surface area contributed by atoms with Crippen LogP contribution in [-0.2, 0) is 6.18 Å². The van der Waals surface area contributed by atoms with Crippen LogP contribution in [0.4, 0.5) is 18.9 Å². The van der Waals surface area contributed by atoms with Crippen molar-refractivity contribution in [2.45, 2.75) is 19.0 Å². The molecule has 1 N–H and O–H groups in total. The van der Waals surface area contributed by atoms with Gasteiger partial charge < -0.3 is 10.0 Å². The Morgan fingerprint density at radius 3 is 2.75 bits per heavy atom. The van der Waals surface area contributed by atoms with Gasteiger partial charge in [0, 0.05) is 25.4 Å². The SMILES string of the molecule is N#Cc1ccc(N2CC[C@@H](CCO)C2)cc1C(F)(F)F. The largest absolute Gasteiger partial charge is 0.417 e. The van der Waals surface area contributed by atoms with Gasteiger partial charge in [0.05, 0.1) is 17.2 Å². The number of rotatable bonds is 3. The summed E-state index contributed by atoms with van der Waals surface area (Å²) in [6.45, 7) is 1.41. The lowest BCUT2D eigenvalue weighted by Gasteiger charge is -2.20. The van der Waals surface area contributed by atoms with E-state index in [0.717, 1.165) is 12.5 Å². The van der Waals surface area contributed by atoms with Gasteiger partial charge in [-0.2, -0.15) is 18.4 Å². The number of anilines is 1. The highest BCUT2D eigenvalue weighted by Crippen LogP contribution is 2.35. The minimum absolute atomic E-state index is 0.0969. The van der Waals surface area contributed by atoms with Gasteiger partial charge in [0.25, 0.3) is 0 Å². The summed E-state index contributed by atoms with van der Waals surface area (Å²) in [5.41, 5.74) is -0.757. The number of nitriles is 1. The third kappa shape index (κ3) is 3.05. The van der Waals surface area contributed by atoms with E-state index >= 15 is 0 Å². The Morgan fingerprint density at radius 2 is 2.15 bits per heavy atom. The van der Waals surface area contributed by atoms with Gasteiger partial charge in [-0.3, -0.25) is 0 Å². The summed E-state index contributed by atoms with van der Waals surface area (Å²) >= 11 is 0. The third-order valence-corrected chi connectivity index (χ3v) is 3.62. The van der Waals surface area contributed by atoms with E-state index in [2.05, 4.69) is 0 Å². The van der Waals surface area contributed by atoms with Crippen LogP contribution in [0.25, 0.3) is 0 Å². The van der Waals surface area contributed by atoms with E-state index in [1.165, 1.54) is 6.07 Å². The molecule has 0 bridgehead atoms. The quantitative estimate of drug-likeness (QED) is 0.928. The van der Waals surface area contributed by atoms with E-state index < -0.39 is 11.7 Å². The summed E-state index contributed by atoms with van der Waals surface area (Å²) < 4.78 is 38.7. The van der Waals surface area contributed by atoms with Crippen LogP contribution in [-0.4, -0.2) is 24.8 Å². The molecule has 1 fully saturated rings. The summed E-state index contributed by atoms with van der Waals surface area (Å²) in [5.74, 6) is 0.310. The topological polar surface area (TPSA) is 47.3 Å². The van der Waals surface area contributed by atoms with E-state index in [9.17, 15) is 13.2 Å². The van der Waals surface area contributed by atoms with E-state index in [1.807, 2.05) is 4.90 Å². The minimum Gasteiger partial charge on any atom is -0.396 e. The summed E-state index contributed by atoms with van der Waals surface area (Å²) in [6, 6.07) is 5.39. The molecule has 1 aliphatic rings. The van der Waals surface area contributed by atoms with Crippen LogP contribution in [0.15, 0.2) is 18.2 Å². The fraction of sp³-hybridized carbons (Fsp3) is 0.500. The van der Waals surface area contributed by atoms with Crippen molar-refractivity contribution in [1.29, 1.82) is 5.26 Å².